The van der Waals surface area contributed by atoms with Crippen molar-refractivity contribution >= 4 is 22.6 Å². The molecule has 0 aromatic carbocycles. The van der Waals surface area contributed by atoms with Crippen molar-refractivity contribution in [2.45, 2.75) is 49.9 Å². The van der Waals surface area contributed by atoms with Gasteiger partial charge in [-0.3, -0.25) is 0 Å². The monoisotopic (exact) mass is 280 g/mol. The van der Waals surface area contributed by atoms with Crippen molar-refractivity contribution in [3.05, 3.63) is 12.7 Å². The van der Waals surface area contributed by atoms with Crippen LogP contribution in [0.1, 0.15) is 46.0 Å². The molecule has 0 aromatic rings. The molecule has 0 aromatic heterocycles. The Balaban J connectivity index is 0.000000354. The zero-order valence-electron chi connectivity index (χ0n) is 8.35. The Morgan fingerprint density at radius 3 is 2.00 bits per heavy atom. The van der Waals surface area contributed by atoms with E-state index in [-0.39, 0.29) is 0 Å². The van der Waals surface area contributed by atoms with Crippen LogP contribution in [0.2, 0.25) is 0 Å². The molecule has 1 aliphatic rings. The quantitative estimate of drug-likeness (QED) is 0.374. The highest BCUT2D eigenvalue weighted by Crippen LogP contribution is 2.29. The predicted octanol–water partition coefficient (Wildman–Crippen LogP) is 4.58. The minimum absolute atomic E-state index is 0.830. The van der Waals surface area contributed by atoms with Gasteiger partial charge in [-0.2, -0.15) is 0 Å². The molecule has 0 radical (unpaired) electrons. The van der Waals surface area contributed by atoms with Crippen LogP contribution in [0.25, 0.3) is 0 Å². The van der Waals surface area contributed by atoms with Crippen LogP contribution in [0.4, 0.5) is 0 Å². The van der Waals surface area contributed by atoms with Crippen molar-refractivity contribution in [3.8, 4) is 0 Å². The van der Waals surface area contributed by atoms with Gasteiger partial charge < -0.3 is 0 Å². The molecule has 12 heavy (non-hydrogen) atoms. The molecule has 0 N–H and O–H groups in total. The van der Waals surface area contributed by atoms with Crippen molar-refractivity contribution in [1.82, 2.24) is 0 Å². The van der Waals surface area contributed by atoms with E-state index in [0.29, 0.717) is 0 Å². The standard InChI is InChI=1S/C8H13I.C3H8/c1-2-7-3-5-8(9)6-4-7;1-3-2/h2,7-8H,1,3-6H2;3H2,1-2H3/t7-,8-;. The third kappa shape index (κ3) is 6.04. The fraction of sp³-hybridized carbons (Fsp3) is 0.818. The zero-order valence-corrected chi connectivity index (χ0v) is 10.5. The number of rotatable bonds is 1. The van der Waals surface area contributed by atoms with Gasteiger partial charge in [0.2, 0.25) is 0 Å². The smallest absolute Gasteiger partial charge is 0.0110 e. The molecule has 1 heteroatoms. The largest absolute Gasteiger partial charge is 0.103 e. The lowest BCUT2D eigenvalue weighted by Crippen LogP contribution is -2.11. The molecule has 72 valence electrons. The lowest BCUT2D eigenvalue weighted by molar-refractivity contribution is 0.437. The van der Waals surface area contributed by atoms with Gasteiger partial charge in [0.25, 0.3) is 0 Å². The van der Waals surface area contributed by atoms with Crippen LogP contribution in [-0.2, 0) is 0 Å². The first-order valence-electron chi connectivity index (χ1n) is 5.01. The Hall–Kier alpha value is 0.470. The van der Waals surface area contributed by atoms with E-state index in [4.69, 9.17) is 0 Å². The first-order chi connectivity index (χ1) is 5.74. The number of allylic oxidation sites excluding steroid dienone is 1. The summed E-state index contributed by atoms with van der Waals surface area (Å²) in [6.45, 7) is 8.06. The van der Waals surface area contributed by atoms with Gasteiger partial charge in [0, 0.05) is 3.92 Å². The topological polar surface area (TPSA) is 0 Å². The van der Waals surface area contributed by atoms with Crippen LogP contribution >= 0.6 is 22.6 Å². The average molecular weight is 280 g/mol. The van der Waals surface area contributed by atoms with E-state index in [0.717, 1.165) is 9.84 Å². The van der Waals surface area contributed by atoms with Gasteiger partial charge in [0.15, 0.2) is 0 Å². The SMILES string of the molecule is C=C[C@H]1CC[C@H](I)CC1.CCC. The fourth-order valence-electron chi connectivity index (χ4n) is 1.31. The first-order valence-corrected chi connectivity index (χ1v) is 6.25. The van der Waals surface area contributed by atoms with Crippen molar-refractivity contribution in [2.24, 2.45) is 5.92 Å². The molecule has 0 atom stereocenters. The minimum Gasteiger partial charge on any atom is -0.103 e. The molecule has 0 unspecified atom stereocenters. The zero-order chi connectivity index (χ0) is 9.40. The Kier molecular flexibility index (Phi) is 8.40. The molecule has 1 aliphatic carbocycles. The second-order valence-corrected chi connectivity index (χ2v) is 5.22. The average Bonchev–Trinajstić information content (AvgIpc) is 2.07. The Bertz CT molecular complexity index is 102. The molecule has 0 heterocycles. The fourth-order valence-corrected chi connectivity index (χ4v) is 2.03. The van der Waals surface area contributed by atoms with E-state index in [1.807, 2.05) is 0 Å². The Morgan fingerprint density at radius 2 is 1.67 bits per heavy atom. The molecule has 0 aliphatic heterocycles. The van der Waals surface area contributed by atoms with E-state index in [2.05, 4.69) is 49.1 Å². The van der Waals surface area contributed by atoms with Gasteiger partial charge in [-0.1, -0.05) is 48.9 Å². The van der Waals surface area contributed by atoms with Gasteiger partial charge in [-0.05, 0) is 31.6 Å². The van der Waals surface area contributed by atoms with Gasteiger partial charge in [-0.15, -0.1) is 6.58 Å². The van der Waals surface area contributed by atoms with Crippen LogP contribution in [-0.4, -0.2) is 3.92 Å². The Labute approximate surface area is 91.0 Å². The molecule has 0 spiro atoms. The van der Waals surface area contributed by atoms with E-state index in [9.17, 15) is 0 Å². The summed E-state index contributed by atoms with van der Waals surface area (Å²) < 4.78 is 0.943. The van der Waals surface area contributed by atoms with E-state index in [1.54, 1.807) is 0 Å². The molecular formula is C11H21I. The third-order valence-electron chi connectivity index (χ3n) is 2.03. The van der Waals surface area contributed by atoms with E-state index < -0.39 is 0 Å². The normalized spacial score (nSPS) is 28.6. The lowest BCUT2D eigenvalue weighted by Gasteiger charge is -2.21. The highest BCUT2D eigenvalue weighted by molar-refractivity contribution is 14.1. The van der Waals surface area contributed by atoms with Crippen molar-refractivity contribution in [1.29, 1.82) is 0 Å². The molecule has 1 fully saturated rings. The van der Waals surface area contributed by atoms with Gasteiger partial charge in [0.1, 0.15) is 0 Å². The number of alkyl halides is 1. The Morgan fingerprint density at radius 1 is 1.25 bits per heavy atom. The maximum Gasteiger partial charge on any atom is 0.0110 e. The number of hydrogen-bond acceptors (Lipinski definition) is 0. The minimum atomic E-state index is 0.830. The summed E-state index contributed by atoms with van der Waals surface area (Å²) in [6, 6.07) is 0. The van der Waals surface area contributed by atoms with Crippen molar-refractivity contribution in [2.75, 3.05) is 0 Å². The molecule has 0 saturated heterocycles. The van der Waals surface area contributed by atoms with Crippen LogP contribution in [0.5, 0.6) is 0 Å². The van der Waals surface area contributed by atoms with Crippen LogP contribution in [0.3, 0.4) is 0 Å². The molecule has 0 amide bonds. The molecular weight excluding hydrogens is 259 g/mol. The predicted molar refractivity (Wildman–Crippen MR) is 65.9 cm³/mol. The maximum atomic E-state index is 3.81. The lowest BCUT2D eigenvalue weighted by atomic mass is 9.90. The van der Waals surface area contributed by atoms with E-state index >= 15 is 0 Å². The summed E-state index contributed by atoms with van der Waals surface area (Å²) in [4.78, 5) is 0. The van der Waals surface area contributed by atoms with E-state index in [1.165, 1.54) is 32.1 Å². The molecule has 1 saturated carbocycles. The van der Waals surface area contributed by atoms with Gasteiger partial charge >= 0.3 is 0 Å². The van der Waals surface area contributed by atoms with Crippen molar-refractivity contribution in [3.63, 3.8) is 0 Å². The summed E-state index contributed by atoms with van der Waals surface area (Å²) in [6.07, 6.45) is 8.91. The van der Waals surface area contributed by atoms with Gasteiger partial charge in [0.05, 0.1) is 0 Å². The van der Waals surface area contributed by atoms with Crippen LogP contribution < -0.4 is 0 Å². The number of halogens is 1. The molecule has 0 bridgehead atoms. The van der Waals surface area contributed by atoms with Crippen LogP contribution in [0, 0.1) is 5.92 Å². The first kappa shape index (κ1) is 12.5. The second-order valence-electron chi connectivity index (χ2n) is 3.45. The van der Waals surface area contributed by atoms with Gasteiger partial charge in [-0.25, -0.2) is 0 Å². The summed E-state index contributed by atoms with van der Waals surface area (Å²) >= 11 is 2.55. The summed E-state index contributed by atoms with van der Waals surface area (Å²) in [5, 5.41) is 0. The van der Waals surface area contributed by atoms with Crippen LogP contribution in [0.15, 0.2) is 12.7 Å². The maximum absolute atomic E-state index is 3.81. The highest BCUT2D eigenvalue weighted by atomic mass is 127. The second kappa shape index (κ2) is 8.09. The molecule has 1 rings (SSSR count). The highest BCUT2D eigenvalue weighted by Gasteiger charge is 2.15. The summed E-state index contributed by atoms with van der Waals surface area (Å²) in [7, 11) is 0. The van der Waals surface area contributed by atoms with Crippen molar-refractivity contribution < 1.29 is 0 Å². The third-order valence-corrected chi connectivity index (χ3v) is 3.28. The summed E-state index contributed by atoms with van der Waals surface area (Å²) in [5.74, 6) is 0.830. The molecule has 0 nitrogen and oxygen atoms in total. The summed E-state index contributed by atoms with van der Waals surface area (Å²) in [5.41, 5.74) is 0. The number of hydrogen-bond donors (Lipinski definition) is 0.